The van der Waals surface area contributed by atoms with Crippen LogP contribution >= 0.6 is 0 Å². The number of sulfonamides is 1. The number of hydrogen-bond acceptors (Lipinski definition) is 6. The molecule has 1 N–H and O–H groups in total. The van der Waals surface area contributed by atoms with E-state index in [2.05, 4.69) is 4.90 Å². The third-order valence-corrected chi connectivity index (χ3v) is 7.33. The first-order valence-corrected chi connectivity index (χ1v) is 10.9. The molecule has 1 heterocycles. The highest BCUT2D eigenvalue weighted by Gasteiger charge is 2.31. The molecule has 1 saturated heterocycles. The Hall–Kier alpha value is -2.29. The number of aromatic hydroxyl groups is 1. The summed E-state index contributed by atoms with van der Waals surface area (Å²) < 4.78 is 38.2. The summed E-state index contributed by atoms with van der Waals surface area (Å²) in [4.78, 5) is 2.26. The summed E-state index contributed by atoms with van der Waals surface area (Å²) in [6.45, 7) is 6.47. The Morgan fingerprint density at radius 3 is 2.24 bits per heavy atom. The largest absolute Gasteiger partial charge is 0.508 e. The number of phenols is 1. The third kappa shape index (κ3) is 4.49. The molecular formula is C21H28N2O5S. The summed E-state index contributed by atoms with van der Waals surface area (Å²) in [7, 11) is -0.750. The predicted molar refractivity (Wildman–Crippen MR) is 111 cm³/mol. The minimum Gasteiger partial charge on any atom is -0.508 e. The van der Waals surface area contributed by atoms with Crippen molar-refractivity contribution in [2.24, 2.45) is 0 Å². The molecule has 0 aromatic heterocycles. The zero-order chi connectivity index (χ0) is 21.2. The summed E-state index contributed by atoms with van der Waals surface area (Å²) >= 11 is 0. The van der Waals surface area contributed by atoms with Gasteiger partial charge in [-0.3, -0.25) is 4.90 Å². The lowest BCUT2D eigenvalue weighted by Gasteiger charge is -2.34. The van der Waals surface area contributed by atoms with Gasteiger partial charge in [0.2, 0.25) is 10.0 Å². The number of aryl methyl sites for hydroxylation is 2. The number of phenolic OH excluding ortho intramolecular Hbond substituents is 1. The molecule has 0 spiro atoms. The van der Waals surface area contributed by atoms with Gasteiger partial charge in [-0.1, -0.05) is 6.07 Å². The van der Waals surface area contributed by atoms with Crippen molar-refractivity contribution in [2.45, 2.75) is 25.3 Å². The van der Waals surface area contributed by atoms with Crippen LogP contribution in [0, 0.1) is 13.8 Å². The SMILES string of the molecule is COc1ccc(OC)c(S(=O)(=O)N2CCN(Cc3cc(C)c(C)cc3O)CC2)c1. The topological polar surface area (TPSA) is 79.3 Å². The highest BCUT2D eigenvalue weighted by Crippen LogP contribution is 2.31. The highest BCUT2D eigenvalue weighted by atomic mass is 32.2. The minimum atomic E-state index is -3.70. The fourth-order valence-electron chi connectivity index (χ4n) is 3.48. The average Bonchev–Trinajstić information content (AvgIpc) is 2.72. The van der Waals surface area contributed by atoms with Crippen LogP contribution in [0.2, 0.25) is 0 Å². The van der Waals surface area contributed by atoms with E-state index in [-0.39, 0.29) is 10.6 Å². The van der Waals surface area contributed by atoms with Gasteiger partial charge in [0.25, 0.3) is 0 Å². The molecule has 158 valence electrons. The average molecular weight is 421 g/mol. The quantitative estimate of drug-likeness (QED) is 0.774. The van der Waals surface area contributed by atoms with Crippen LogP contribution in [-0.2, 0) is 16.6 Å². The highest BCUT2D eigenvalue weighted by molar-refractivity contribution is 7.89. The molecule has 8 heteroatoms. The van der Waals surface area contributed by atoms with Gasteiger partial charge in [0, 0.05) is 44.4 Å². The van der Waals surface area contributed by atoms with Crippen LogP contribution in [0.5, 0.6) is 17.2 Å². The fourth-order valence-corrected chi connectivity index (χ4v) is 5.07. The van der Waals surface area contributed by atoms with Gasteiger partial charge in [-0.15, -0.1) is 0 Å². The second-order valence-electron chi connectivity index (χ2n) is 7.26. The van der Waals surface area contributed by atoms with Crippen LogP contribution in [0.4, 0.5) is 0 Å². The first-order valence-electron chi connectivity index (χ1n) is 9.50. The van der Waals surface area contributed by atoms with E-state index >= 15 is 0 Å². The maximum absolute atomic E-state index is 13.2. The van der Waals surface area contributed by atoms with Gasteiger partial charge in [-0.2, -0.15) is 4.31 Å². The van der Waals surface area contributed by atoms with Crippen LogP contribution in [0.3, 0.4) is 0 Å². The van der Waals surface area contributed by atoms with Crippen LogP contribution in [0.25, 0.3) is 0 Å². The van der Waals surface area contributed by atoms with Crippen molar-refractivity contribution in [3.63, 3.8) is 0 Å². The minimum absolute atomic E-state index is 0.111. The molecule has 0 unspecified atom stereocenters. The number of methoxy groups -OCH3 is 2. The zero-order valence-electron chi connectivity index (χ0n) is 17.3. The van der Waals surface area contributed by atoms with Crippen molar-refractivity contribution in [3.05, 3.63) is 47.0 Å². The molecule has 0 aliphatic carbocycles. The number of piperazine rings is 1. The molecule has 29 heavy (non-hydrogen) atoms. The van der Waals surface area contributed by atoms with Crippen molar-refractivity contribution in [2.75, 3.05) is 40.4 Å². The Balaban J connectivity index is 1.73. The van der Waals surface area contributed by atoms with Gasteiger partial charge >= 0.3 is 0 Å². The second kappa shape index (κ2) is 8.61. The molecule has 3 rings (SSSR count). The Labute approximate surface area is 172 Å². The molecule has 0 saturated carbocycles. The normalized spacial score (nSPS) is 16.0. The summed E-state index contributed by atoms with van der Waals surface area (Å²) in [5, 5.41) is 10.2. The number of nitrogens with zero attached hydrogens (tertiary/aromatic N) is 2. The van der Waals surface area contributed by atoms with Gasteiger partial charge in [0.05, 0.1) is 14.2 Å². The number of ether oxygens (including phenoxy) is 2. The number of benzene rings is 2. The second-order valence-corrected chi connectivity index (χ2v) is 9.17. The van der Waals surface area contributed by atoms with E-state index in [1.807, 2.05) is 19.9 Å². The number of hydrogen-bond donors (Lipinski definition) is 1. The molecule has 1 fully saturated rings. The van der Waals surface area contributed by atoms with Crippen LogP contribution in [0.15, 0.2) is 35.2 Å². The first-order chi connectivity index (χ1) is 13.8. The van der Waals surface area contributed by atoms with Crippen molar-refractivity contribution in [1.29, 1.82) is 0 Å². The zero-order valence-corrected chi connectivity index (χ0v) is 18.1. The van der Waals surface area contributed by atoms with E-state index in [4.69, 9.17) is 9.47 Å². The van der Waals surface area contributed by atoms with Crippen LogP contribution < -0.4 is 9.47 Å². The summed E-state index contributed by atoms with van der Waals surface area (Å²) in [5.74, 6) is 1.05. The van der Waals surface area contributed by atoms with E-state index in [9.17, 15) is 13.5 Å². The van der Waals surface area contributed by atoms with Crippen molar-refractivity contribution < 1.29 is 23.0 Å². The Morgan fingerprint density at radius 1 is 0.966 bits per heavy atom. The molecule has 0 atom stereocenters. The molecular weight excluding hydrogens is 392 g/mol. The summed E-state index contributed by atoms with van der Waals surface area (Å²) in [6.07, 6.45) is 0. The first kappa shape index (κ1) is 21.4. The molecule has 1 aliphatic rings. The Kier molecular flexibility index (Phi) is 6.36. The maximum Gasteiger partial charge on any atom is 0.246 e. The monoisotopic (exact) mass is 420 g/mol. The predicted octanol–water partition coefficient (Wildman–Crippen LogP) is 2.53. The summed E-state index contributed by atoms with van der Waals surface area (Å²) in [6, 6.07) is 8.54. The van der Waals surface area contributed by atoms with E-state index in [1.54, 1.807) is 18.2 Å². The van der Waals surface area contributed by atoms with E-state index < -0.39 is 10.0 Å². The molecule has 0 bridgehead atoms. The maximum atomic E-state index is 13.2. The van der Waals surface area contributed by atoms with Gasteiger partial charge in [-0.05, 0) is 43.2 Å². The van der Waals surface area contributed by atoms with Gasteiger partial charge < -0.3 is 14.6 Å². The lowest BCUT2D eigenvalue weighted by Crippen LogP contribution is -2.48. The van der Waals surface area contributed by atoms with Crippen molar-refractivity contribution in [1.82, 2.24) is 9.21 Å². The van der Waals surface area contributed by atoms with Crippen LogP contribution in [0.1, 0.15) is 16.7 Å². The van der Waals surface area contributed by atoms with Gasteiger partial charge in [-0.25, -0.2) is 8.42 Å². The lowest BCUT2D eigenvalue weighted by molar-refractivity contribution is 0.180. The Bertz CT molecular complexity index is 983. The van der Waals surface area contributed by atoms with Crippen molar-refractivity contribution >= 4 is 10.0 Å². The summed E-state index contributed by atoms with van der Waals surface area (Å²) in [5.41, 5.74) is 3.04. The fraction of sp³-hybridized carbons (Fsp3) is 0.429. The lowest BCUT2D eigenvalue weighted by atomic mass is 10.0. The third-order valence-electron chi connectivity index (χ3n) is 5.41. The van der Waals surface area contributed by atoms with E-state index in [0.29, 0.717) is 44.2 Å². The van der Waals surface area contributed by atoms with E-state index in [1.165, 1.54) is 24.6 Å². The molecule has 2 aromatic rings. The molecule has 0 amide bonds. The van der Waals surface area contributed by atoms with Gasteiger partial charge in [0.15, 0.2) is 0 Å². The molecule has 2 aromatic carbocycles. The molecule has 7 nitrogen and oxygen atoms in total. The molecule has 1 aliphatic heterocycles. The van der Waals surface area contributed by atoms with Gasteiger partial charge in [0.1, 0.15) is 22.1 Å². The van der Waals surface area contributed by atoms with Crippen molar-refractivity contribution in [3.8, 4) is 17.2 Å². The standard InChI is InChI=1S/C21H28N2O5S/c1-15-11-17(19(24)12-16(15)2)14-22-7-9-23(10-8-22)29(25,26)21-13-18(27-3)5-6-20(21)28-4/h5-6,11-13,24H,7-10,14H2,1-4H3. The smallest absolute Gasteiger partial charge is 0.246 e. The Morgan fingerprint density at radius 2 is 1.62 bits per heavy atom. The van der Waals surface area contributed by atoms with Crippen LogP contribution in [-0.4, -0.2) is 63.1 Å². The number of rotatable bonds is 6. The van der Waals surface area contributed by atoms with E-state index in [0.717, 1.165) is 16.7 Å². The molecule has 0 radical (unpaired) electrons.